The van der Waals surface area contributed by atoms with Crippen LogP contribution in [-0.2, 0) is 16.1 Å². The molecule has 2 N–H and O–H groups in total. The Morgan fingerprint density at radius 2 is 2.11 bits per heavy atom. The smallest absolute Gasteiger partial charge is 0.326 e. The molecule has 0 radical (unpaired) electrons. The highest BCUT2D eigenvalue weighted by Crippen LogP contribution is 1.97. The van der Waals surface area contributed by atoms with Gasteiger partial charge in [-0.05, 0) is 19.4 Å². The Hall–Kier alpha value is -2.11. The molecule has 1 heterocycles. The molecule has 0 aliphatic heterocycles. The summed E-state index contributed by atoms with van der Waals surface area (Å²) in [5.41, 5.74) is 0.601. The molecule has 1 amide bonds. The monoisotopic (exact) mass is 266 g/mol. The standard InChI is InChI=1S/C13H18N2O4/c1-3-10(13(18)19)14-11(16)7-8-15-9(2)5-4-6-12(15)17/h4-6,10H,3,7-8H2,1-2H3,(H,14,16)(H,18,19). The van der Waals surface area contributed by atoms with Crippen LogP contribution in [-0.4, -0.2) is 27.6 Å². The number of pyridine rings is 1. The third-order valence-corrected chi connectivity index (χ3v) is 2.87. The quantitative estimate of drug-likeness (QED) is 0.786. The van der Waals surface area contributed by atoms with Gasteiger partial charge in [-0.2, -0.15) is 0 Å². The second kappa shape index (κ2) is 6.72. The van der Waals surface area contributed by atoms with Crippen LogP contribution >= 0.6 is 0 Å². The van der Waals surface area contributed by atoms with E-state index in [-0.39, 0.29) is 24.4 Å². The average molecular weight is 266 g/mol. The zero-order valence-corrected chi connectivity index (χ0v) is 11.0. The Labute approximate surface area is 111 Å². The van der Waals surface area contributed by atoms with Crippen molar-refractivity contribution in [3.8, 4) is 0 Å². The minimum absolute atomic E-state index is 0.0779. The van der Waals surface area contributed by atoms with E-state index in [1.807, 2.05) is 0 Å². The van der Waals surface area contributed by atoms with E-state index in [1.165, 1.54) is 10.6 Å². The molecule has 1 unspecified atom stereocenters. The lowest BCUT2D eigenvalue weighted by Crippen LogP contribution is -2.40. The van der Waals surface area contributed by atoms with Gasteiger partial charge in [-0.15, -0.1) is 0 Å². The fourth-order valence-corrected chi connectivity index (χ4v) is 1.73. The summed E-state index contributed by atoms with van der Waals surface area (Å²) in [5, 5.41) is 11.2. The number of rotatable bonds is 6. The zero-order valence-electron chi connectivity index (χ0n) is 11.0. The van der Waals surface area contributed by atoms with E-state index >= 15 is 0 Å². The summed E-state index contributed by atoms with van der Waals surface area (Å²) in [4.78, 5) is 34.0. The Bertz CT molecular complexity index is 522. The lowest BCUT2D eigenvalue weighted by Gasteiger charge is -2.13. The second-order valence-electron chi connectivity index (χ2n) is 4.27. The fraction of sp³-hybridized carbons (Fsp3) is 0.462. The van der Waals surface area contributed by atoms with Gasteiger partial charge in [0.2, 0.25) is 5.91 Å². The molecule has 1 aromatic rings. The third-order valence-electron chi connectivity index (χ3n) is 2.87. The number of nitrogens with zero attached hydrogens (tertiary/aromatic N) is 1. The number of hydrogen-bond acceptors (Lipinski definition) is 3. The van der Waals surface area contributed by atoms with Crippen molar-refractivity contribution >= 4 is 11.9 Å². The van der Waals surface area contributed by atoms with Crippen molar-refractivity contribution in [2.24, 2.45) is 0 Å². The minimum atomic E-state index is -1.05. The van der Waals surface area contributed by atoms with Gasteiger partial charge >= 0.3 is 5.97 Å². The van der Waals surface area contributed by atoms with Crippen molar-refractivity contribution in [3.63, 3.8) is 0 Å². The van der Waals surface area contributed by atoms with Crippen molar-refractivity contribution in [1.82, 2.24) is 9.88 Å². The third kappa shape index (κ3) is 4.24. The van der Waals surface area contributed by atoms with Crippen LogP contribution in [0.2, 0.25) is 0 Å². The number of hydrogen-bond donors (Lipinski definition) is 2. The highest BCUT2D eigenvalue weighted by Gasteiger charge is 2.17. The van der Waals surface area contributed by atoms with Crippen LogP contribution < -0.4 is 10.9 Å². The molecular formula is C13H18N2O4. The van der Waals surface area contributed by atoms with E-state index in [9.17, 15) is 14.4 Å². The van der Waals surface area contributed by atoms with Crippen LogP contribution in [0.1, 0.15) is 25.5 Å². The van der Waals surface area contributed by atoms with E-state index in [1.54, 1.807) is 26.0 Å². The van der Waals surface area contributed by atoms with Gasteiger partial charge in [-0.3, -0.25) is 9.59 Å². The van der Waals surface area contributed by atoms with Gasteiger partial charge in [-0.25, -0.2) is 4.79 Å². The van der Waals surface area contributed by atoms with Crippen LogP contribution in [0.3, 0.4) is 0 Å². The fourth-order valence-electron chi connectivity index (χ4n) is 1.73. The van der Waals surface area contributed by atoms with Crippen LogP contribution in [0.4, 0.5) is 0 Å². The van der Waals surface area contributed by atoms with Gasteiger partial charge in [-0.1, -0.05) is 13.0 Å². The van der Waals surface area contributed by atoms with Crippen LogP contribution in [0.15, 0.2) is 23.0 Å². The number of amides is 1. The molecule has 0 spiro atoms. The first-order valence-corrected chi connectivity index (χ1v) is 6.14. The summed E-state index contributed by atoms with van der Waals surface area (Å²) in [6.45, 7) is 3.71. The Kier molecular flexibility index (Phi) is 5.29. The summed E-state index contributed by atoms with van der Waals surface area (Å²) in [5.74, 6) is -1.42. The maximum absolute atomic E-state index is 11.6. The van der Waals surface area contributed by atoms with E-state index in [0.29, 0.717) is 6.42 Å². The van der Waals surface area contributed by atoms with Crippen molar-refractivity contribution in [2.75, 3.05) is 0 Å². The summed E-state index contributed by atoms with van der Waals surface area (Å²) >= 11 is 0. The lowest BCUT2D eigenvalue weighted by molar-refractivity contribution is -0.141. The molecule has 6 heteroatoms. The van der Waals surface area contributed by atoms with Crippen LogP contribution in [0.25, 0.3) is 0 Å². The molecule has 1 rings (SSSR count). The number of aliphatic carboxylic acids is 1. The molecule has 1 aromatic heterocycles. The number of carboxylic acids is 1. The molecule has 0 bridgehead atoms. The summed E-state index contributed by atoms with van der Waals surface area (Å²) in [6.07, 6.45) is 0.403. The van der Waals surface area contributed by atoms with Gasteiger partial charge in [0.1, 0.15) is 6.04 Å². The molecule has 6 nitrogen and oxygen atoms in total. The Morgan fingerprint density at radius 3 is 2.63 bits per heavy atom. The number of aryl methyl sites for hydroxylation is 1. The predicted molar refractivity (Wildman–Crippen MR) is 69.9 cm³/mol. The highest BCUT2D eigenvalue weighted by molar-refractivity contribution is 5.83. The number of carbonyl (C=O) groups excluding carboxylic acids is 1. The summed E-state index contributed by atoms with van der Waals surface area (Å²) in [6, 6.07) is 4.00. The first kappa shape index (κ1) is 14.9. The van der Waals surface area contributed by atoms with E-state index in [2.05, 4.69) is 5.32 Å². The SMILES string of the molecule is CCC(NC(=O)CCn1c(C)cccc1=O)C(=O)O. The van der Waals surface area contributed by atoms with Gasteiger partial charge < -0.3 is 15.0 Å². The van der Waals surface area contributed by atoms with Crippen molar-refractivity contribution < 1.29 is 14.7 Å². The van der Waals surface area contributed by atoms with Gasteiger partial charge in [0, 0.05) is 24.7 Å². The maximum Gasteiger partial charge on any atom is 0.326 e. The molecule has 19 heavy (non-hydrogen) atoms. The average Bonchev–Trinajstić information content (AvgIpc) is 2.35. The first-order valence-electron chi connectivity index (χ1n) is 6.14. The molecule has 104 valence electrons. The molecule has 0 saturated heterocycles. The molecule has 0 saturated carbocycles. The molecule has 0 fully saturated rings. The number of carboxylic acid groups (broad SMARTS) is 1. The predicted octanol–water partition coefficient (Wildman–Crippen LogP) is 0.526. The van der Waals surface area contributed by atoms with E-state index in [0.717, 1.165) is 5.69 Å². The summed E-state index contributed by atoms with van der Waals surface area (Å²) in [7, 11) is 0. The summed E-state index contributed by atoms with van der Waals surface area (Å²) < 4.78 is 1.49. The van der Waals surface area contributed by atoms with Gasteiger partial charge in [0.15, 0.2) is 0 Å². The van der Waals surface area contributed by atoms with Crippen molar-refractivity contribution in [3.05, 3.63) is 34.2 Å². The lowest BCUT2D eigenvalue weighted by atomic mass is 10.2. The van der Waals surface area contributed by atoms with Crippen LogP contribution in [0.5, 0.6) is 0 Å². The molecular weight excluding hydrogens is 248 g/mol. The molecule has 0 aliphatic carbocycles. The second-order valence-corrected chi connectivity index (χ2v) is 4.27. The first-order chi connectivity index (χ1) is 8.95. The highest BCUT2D eigenvalue weighted by atomic mass is 16.4. The zero-order chi connectivity index (χ0) is 14.4. The minimum Gasteiger partial charge on any atom is -0.480 e. The topological polar surface area (TPSA) is 88.4 Å². The number of aromatic nitrogens is 1. The van der Waals surface area contributed by atoms with E-state index < -0.39 is 12.0 Å². The normalized spacial score (nSPS) is 11.9. The molecule has 1 atom stereocenters. The number of nitrogens with one attached hydrogen (secondary N) is 1. The Balaban J connectivity index is 2.60. The number of carbonyl (C=O) groups is 2. The van der Waals surface area contributed by atoms with E-state index in [4.69, 9.17) is 5.11 Å². The van der Waals surface area contributed by atoms with Crippen LogP contribution in [0, 0.1) is 6.92 Å². The van der Waals surface area contributed by atoms with Gasteiger partial charge in [0.25, 0.3) is 5.56 Å². The maximum atomic E-state index is 11.6. The van der Waals surface area contributed by atoms with Crippen molar-refractivity contribution in [1.29, 1.82) is 0 Å². The molecule has 0 aromatic carbocycles. The Morgan fingerprint density at radius 1 is 1.42 bits per heavy atom. The largest absolute Gasteiger partial charge is 0.480 e. The van der Waals surface area contributed by atoms with Gasteiger partial charge in [0.05, 0.1) is 0 Å². The van der Waals surface area contributed by atoms with Crippen molar-refractivity contribution in [2.45, 2.75) is 39.3 Å². The molecule has 0 aliphatic rings.